The van der Waals surface area contributed by atoms with E-state index < -0.39 is 0 Å². The number of carbonyl (C=O) groups is 1. The molecule has 0 aromatic carbocycles. The van der Waals surface area contributed by atoms with Crippen molar-refractivity contribution in [2.75, 3.05) is 20.1 Å². The smallest absolute Gasteiger partial charge is 0.225 e. The van der Waals surface area contributed by atoms with Crippen molar-refractivity contribution in [3.63, 3.8) is 0 Å². The van der Waals surface area contributed by atoms with Gasteiger partial charge in [0.15, 0.2) is 0 Å². The number of likely N-dealkylation sites (tertiary alicyclic amines) is 1. The highest BCUT2D eigenvalue weighted by Crippen LogP contribution is 2.42. The van der Waals surface area contributed by atoms with E-state index in [1.54, 1.807) is 0 Å². The summed E-state index contributed by atoms with van der Waals surface area (Å²) in [6, 6.07) is 1.67. The molecule has 2 saturated carbocycles. The molecule has 0 spiro atoms. The molecule has 2 N–H and O–H groups in total. The number of hydrogen-bond acceptors (Lipinski definition) is 3. The number of amides is 1. The number of rotatable bonds is 1. The highest BCUT2D eigenvalue weighted by Gasteiger charge is 2.43. The molecule has 23 heavy (non-hydrogen) atoms. The van der Waals surface area contributed by atoms with Gasteiger partial charge in [0.05, 0.1) is 0 Å². The van der Waals surface area contributed by atoms with Gasteiger partial charge >= 0.3 is 0 Å². The Morgan fingerprint density at radius 2 is 1.65 bits per heavy atom. The topological polar surface area (TPSA) is 49.6 Å². The molecule has 4 unspecified atom stereocenters. The zero-order valence-corrected chi connectivity index (χ0v) is 15.1. The maximum absolute atomic E-state index is 13.1. The Balaban J connectivity index is 0.00000156. The number of likely N-dealkylation sites (N-methyl/N-ethyl adjacent to an activating group) is 1. The first-order chi connectivity index (χ1) is 10.6. The standard InChI is InChI=1S/C18H31N3O.ClH/c1-20-15-5-6-16(20)11-21(8-7-15)18(22)14-9-12-3-2-4-13(10-14)17(12)19;/h12-17H,2-11,19H2,1H3;1H. The van der Waals surface area contributed by atoms with Crippen molar-refractivity contribution in [3.05, 3.63) is 0 Å². The molecular formula is C18H32ClN3O. The first-order valence-corrected chi connectivity index (χ1v) is 9.39. The lowest BCUT2D eigenvalue weighted by Crippen LogP contribution is -2.50. The first kappa shape index (κ1) is 17.5. The van der Waals surface area contributed by atoms with E-state index in [1.165, 1.54) is 32.1 Å². The largest absolute Gasteiger partial charge is 0.341 e. The fraction of sp³-hybridized carbons (Fsp3) is 0.944. The van der Waals surface area contributed by atoms with Gasteiger partial charge < -0.3 is 10.6 Å². The molecule has 0 aromatic rings. The molecule has 132 valence electrons. The molecule has 4 atom stereocenters. The molecule has 0 radical (unpaired) electrons. The Morgan fingerprint density at radius 3 is 2.35 bits per heavy atom. The van der Waals surface area contributed by atoms with Gasteiger partial charge in [-0.25, -0.2) is 0 Å². The van der Waals surface area contributed by atoms with E-state index in [2.05, 4.69) is 16.8 Å². The van der Waals surface area contributed by atoms with Crippen LogP contribution in [0.2, 0.25) is 0 Å². The molecule has 2 heterocycles. The number of fused-ring (bicyclic) bond motifs is 4. The van der Waals surface area contributed by atoms with Crippen molar-refractivity contribution in [1.29, 1.82) is 0 Å². The van der Waals surface area contributed by atoms with Crippen molar-refractivity contribution < 1.29 is 4.79 Å². The van der Waals surface area contributed by atoms with E-state index >= 15 is 0 Å². The Morgan fingerprint density at radius 1 is 1.00 bits per heavy atom. The van der Waals surface area contributed by atoms with Crippen LogP contribution in [-0.4, -0.2) is 54.0 Å². The van der Waals surface area contributed by atoms with E-state index in [1.807, 2.05) is 0 Å². The second-order valence-electron chi connectivity index (χ2n) is 8.32. The van der Waals surface area contributed by atoms with Crippen molar-refractivity contribution >= 4 is 18.3 Å². The molecule has 2 saturated heterocycles. The molecule has 4 bridgehead atoms. The van der Waals surface area contributed by atoms with E-state index in [4.69, 9.17) is 5.73 Å². The van der Waals surface area contributed by atoms with Gasteiger partial charge in [-0.05, 0) is 63.8 Å². The van der Waals surface area contributed by atoms with Gasteiger partial charge in [0, 0.05) is 37.1 Å². The summed E-state index contributed by atoms with van der Waals surface area (Å²) in [5.41, 5.74) is 6.39. The average molecular weight is 342 g/mol. The van der Waals surface area contributed by atoms with E-state index in [0.717, 1.165) is 32.4 Å². The lowest BCUT2D eigenvalue weighted by molar-refractivity contribution is -0.139. The SMILES string of the molecule is CN1C2CCC1CN(C(=O)C1CC3CCCC(C1)C3N)CC2.Cl. The van der Waals surface area contributed by atoms with Gasteiger partial charge in [0.25, 0.3) is 0 Å². The number of hydrogen-bond donors (Lipinski definition) is 1. The van der Waals surface area contributed by atoms with Gasteiger partial charge in [-0.3, -0.25) is 9.69 Å². The van der Waals surface area contributed by atoms with Crippen LogP contribution in [0.3, 0.4) is 0 Å². The highest BCUT2D eigenvalue weighted by atomic mass is 35.5. The van der Waals surface area contributed by atoms with Gasteiger partial charge in [-0.1, -0.05) is 6.42 Å². The van der Waals surface area contributed by atoms with Crippen molar-refractivity contribution in [2.24, 2.45) is 23.5 Å². The summed E-state index contributed by atoms with van der Waals surface area (Å²) in [5.74, 6) is 1.92. The maximum atomic E-state index is 13.1. The second-order valence-corrected chi connectivity index (χ2v) is 8.32. The van der Waals surface area contributed by atoms with Crippen LogP contribution in [0.4, 0.5) is 0 Å². The van der Waals surface area contributed by atoms with Crippen LogP contribution in [-0.2, 0) is 4.79 Å². The number of halogens is 1. The predicted octanol–water partition coefficient (Wildman–Crippen LogP) is 2.26. The van der Waals surface area contributed by atoms with Crippen LogP contribution < -0.4 is 5.73 Å². The summed E-state index contributed by atoms with van der Waals surface area (Å²) >= 11 is 0. The van der Waals surface area contributed by atoms with E-state index in [-0.39, 0.29) is 18.3 Å². The normalized spacial score (nSPS) is 43.7. The molecule has 2 aliphatic carbocycles. The fourth-order valence-corrected chi connectivity index (χ4v) is 5.76. The monoisotopic (exact) mass is 341 g/mol. The van der Waals surface area contributed by atoms with E-state index in [9.17, 15) is 4.79 Å². The van der Waals surface area contributed by atoms with Gasteiger partial charge in [-0.2, -0.15) is 0 Å². The lowest BCUT2D eigenvalue weighted by Gasteiger charge is -2.44. The molecule has 4 aliphatic rings. The predicted molar refractivity (Wildman–Crippen MR) is 94.5 cm³/mol. The zero-order chi connectivity index (χ0) is 15.3. The highest BCUT2D eigenvalue weighted by molar-refractivity contribution is 5.85. The second kappa shape index (κ2) is 6.89. The molecule has 2 aliphatic heterocycles. The zero-order valence-electron chi connectivity index (χ0n) is 14.3. The molecule has 0 aromatic heterocycles. The average Bonchev–Trinajstić information content (AvgIpc) is 2.71. The quantitative estimate of drug-likeness (QED) is 0.796. The summed E-state index contributed by atoms with van der Waals surface area (Å²) in [4.78, 5) is 17.8. The Hall–Kier alpha value is -0.320. The van der Waals surface area contributed by atoms with E-state index in [0.29, 0.717) is 35.9 Å². The third-order valence-corrected chi connectivity index (χ3v) is 7.22. The van der Waals surface area contributed by atoms with Crippen molar-refractivity contribution in [2.45, 2.75) is 69.5 Å². The molecule has 4 rings (SSSR count). The Bertz CT molecular complexity index is 422. The van der Waals surface area contributed by atoms with Gasteiger partial charge in [0.2, 0.25) is 5.91 Å². The number of carbonyl (C=O) groups excluding carboxylic acids is 1. The molecule has 4 nitrogen and oxygen atoms in total. The molecule has 1 amide bonds. The minimum absolute atomic E-state index is 0. The number of nitrogens with two attached hydrogens (primary N) is 1. The maximum Gasteiger partial charge on any atom is 0.225 e. The molecule has 4 fully saturated rings. The van der Waals surface area contributed by atoms with Crippen molar-refractivity contribution in [1.82, 2.24) is 9.80 Å². The molecular weight excluding hydrogens is 310 g/mol. The summed E-state index contributed by atoms with van der Waals surface area (Å²) < 4.78 is 0. The van der Waals surface area contributed by atoms with Crippen molar-refractivity contribution in [3.8, 4) is 0 Å². The lowest BCUT2D eigenvalue weighted by atomic mass is 9.65. The number of nitrogens with zero attached hydrogens (tertiary/aromatic N) is 2. The summed E-state index contributed by atoms with van der Waals surface area (Å²) in [7, 11) is 2.25. The van der Waals surface area contributed by atoms with Crippen LogP contribution in [0.25, 0.3) is 0 Å². The fourth-order valence-electron chi connectivity index (χ4n) is 5.76. The Labute approximate surface area is 146 Å². The van der Waals surface area contributed by atoms with Crippen LogP contribution in [0.1, 0.15) is 51.4 Å². The third kappa shape index (κ3) is 3.14. The summed E-state index contributed by atoms with van der Waals surface area (Å²) in [5, 5.41) is 0. The third-order valence-electron chi connectivity index (χ3n) is 7.22. The Kier molecular flexibility index (Phi) is 5.24. The van der Waals surface area contributed by atoms with Gasteiger partial charge in [-0.15, -0.1) is 12.4 Å². The van der Waals surface area contributed by atoms with Crippen LogP contribution in [0.5, 0.6) is 0 Å². The summed E-state index contributed by atoms with van der Waals surface area (Å²) in [6.45, 7) is 1.94. The first-order valence-electron chi connectivity index (χ1n) is 9.39. The molecule has 5 heteroatoms. The van der Waals surface area contributed by atoms with Crippen LogP contribution >= 0.6 is 12.4 Å². The minimum Gasteiger partial charge on any atom is -0.341 e. The summed E-state index contributed by atoms with van der Waals surface area (Å²) in [6.07, 6.45) is 9.68. The van der Waals surface area contributed by atoms with Gasteiger partial charge in [0.1, 0.15) is 0 Å². The minimum atomic E-state index is 0. The van der Waals surface area contributed by atoms with Crippen LogP contribution in [0.15, 0.2) is 0 Å². The van der Waals surface area contributed by atoms with Crippen LogP contribution in [0, 0.1) is 17.8 Å².